The summed E-state index contributed by atoms with van der Waals surface area (Å²) in [6.07, 6.45) is 28.7. The van der Waals surface area contributed by atoms with Crippen molar-refractivity contribution in [2.75, 3.05) is 11.5 Å². The van der Waals surface area contributed by atoms with Crippen LogP contribution in [0.3, 0.4) is 0 Å². The van der Waals surface area contributed by atoms with Crippen LogP contribution in [0.25, 0.3) is 0 Å². The first kappa shape index (κ1) is 43.2. The first-order valence-electron chi connectivity index (χ1n) is 22.4. The van der Waals surface area contributed by atoms with Gasteiger partial charge in [-0.3, -0.25) is 0 Å². The number of benzene rings is 4. The van der Waals surface area contributed by atoms with Crippen molar-refractivity contribution >= 4 is 11.4 Å². The zero-order valence-electron chi connectivity index (χ0n) is 34.7. The molecule has 0 aliphatic carbocycles. The van der Waals surface area contributed by atoms with Crippen LogP contribution in [-0.2, 0) is 6.42 Å². The molecule has 4 aromatic carbocycles. The molecule has 4 aromatic rings. The fourth-order valence-electron chi connectivity index (χ4n) is 8.49. The van der Waals surface area contributed by atoms with E-state index in [-0.39, 0.29) is 0 Å². The first-order valence-corrected chi connectivity index (χ1v) is 22.4. The molecular weight excluding hydrogens is 653 g/mol. The average molecular weight is 729 g/mol. The summed E-state index contributed by atoms with van der Waals surface area (Å²) < 4.78 is 0. The summed E-state index contributed by atoms with van der Waals surface area (Å²) in [7, 11) is 0. The third kappa shape index (κ3) is 15.3. The van der Waals surface area contributed by atoms with E-state index in [0.29, 0.717) is 17.8 Å². The second-order valence-electron chi connectivity index (χ2n) is 16.4. The Hall–Kier alpha value is -3.52. The third-order valence-electron chi connectivity index (χ3n) is 12.0. The van der Waals surface area contributed by atoms with Crippen LogP contribution >= 0.6 is 0 Å². The summed E-state index contributed by atoms with van der Waals surface area (Å²) in [4.78, 5) is 0. The normalized spacial score (nSPS) is 13.2. The molecule has 0 aliphatic rings. The van der Waals surface area contributed by atoms with Crippen molar-refractivity contribution in [2.45, 2.75) is 180 Å². The Bertz CT molecular complexity index is 1500. The zero-order valence-corrected chi connectivity index (χ0v) is 34.7. The van der Waals surface area contributed by atoms with Gasteiger partial charge in [-0.1, -0.05) is 209 Å². The van der Waals surface area contributed by atoms with Gasteiger partial charge in [0.1, 0.15) is 0 Å². The fraction of sp³-hybridized carbons (Fsp3) is 0.538. The first-order chi connectivity index (χ1) is 26.5. The van der Waals surface area contributed by atoms with Crippen LogP contribution in [0.4, 0.5) is 11.4 Å². The molecule has 294 valence electrons. The Morgan fingerprint density at radius 2 is 0.630 bits per heavy atom. The van der Waals surface area contributed by atoms with Crippen molar-refractivity contribution in [3.63, 3.8) is 0 Å². The Morgan fingerprint density at radius 3 is 1.02 bits per heavy atom. The quantitative estimate of drug-likeness (QED) is 0.0452. The van der Waals surface area contributed by atoms with Crippen molar-refractivity contribution in [3.05, 3.63) is 130 Å². The molecule has 0 aromatic heterocycles. The highest BCUT2D eigenvalue weighted by Crippen LogP contribution is 2.35. The van der Waals surface area contributed by atoms with Gasteiger partial charge in [0.15, 0.2) is 0 Å². The lowest BCUT2D eigenvalue weighted by atomic mass is 9.82. The van der Waals surface area contributed by atoms with E-state index in [2.05, 4.69) is 118 Å². The largest absolute Gasteiger partial charge is 0.399 e. The number of rotatable bonds is 28. The van der Waals surface area contributed by atoms with Gasteiger partial charge >= 0.3 is 0 Å². The molecule has 0 amide bonds. The minimum atomic E-state index is 0.417. The van der Waals surface area contributed by atoms with Gasteiger partial charge < -0.3 is 11.5 Å². The molecule has 0 saturated heterocycles. The molecule has 0 heterocycles. The van der Waals surface area contributed by atoms with E-state index >= 15 is 0 Å². The van der Waals surface area contributed by atoms with E-state index < -0.39 is 0 Å². The van der Waals surface area contributed by atoms with Crippen molar-refractivity contribution in [3.8, 4) is 0 Å². The lowest BCUT2D eigenvalue weighted by Gasteiger charge is -2.22. The lowest BCUT2D eigenvalue weighted by Crippen LogP contribution is -2.07. The van der Waals surface area contributed by atoms with Gasteiger partial charge in [0.05, 0.1) is 0 Å². The van der Waals surface area contributed by atoms with Gasteiger partial charge in [-0.15, -0.1) is 0 Å². The van der Waals surface area contributed by atoms with Crippen LogP contribution in [-0.4, -0.2) is 0 Å². The molecule has 3 atom stereocenters. The Labute approximate surface area is 332 Å². The number of unbranched alkanes of at least 4 members (excludes halogenated alkanes) is 15. The molecule has 0 radical (unpaired) electrons. The monoisotopic (exact) mass is 729 g/mol. The summed E-state index contributed by atoms with van der Waals surface area (Å²) in [5, 5.41) is 0. The maximum atomic E-state index is 6.11. The van der Waals surface area contributed by atoms with Crippen LogP contribution in [0.5, 0.6) is 0 Å². The highest BCUT2D eigenvalue weighted by molar-refractivity contribution is 5.44. The van der Waals surface area contributed by atoms with Crippen molar-refractivity contribution in [1.82, 2.24) is 0 Å². The van der Waals surface area contributed by atoms with Crippen molar-refractivity contribution < 1.29 is 0 Å². The van der Waals surface area contributed by atoms with Crippen LogP contribution in [0.1, 0.15) is 207 Å². The van der Waals surface area contributed by atoms with Gasteiger partial charge in [0, 0.05) is 23.2 Å². The standard InChI is InChI=1S/C52H76N2/c1-4-7-10-13-16-19-22-48(43-29-31-45(32-30-43)52(24-21-18-15-12-9-6-3)47-35-39-50(54)40-36-47)41-42-25-27-44(28-26-42)51(23-20-17-14-11-8-5-2)46-33-37-49(53)38-34-46/h25-40,48,51-52H,4-24,41,53-54H2,1-3H3. The van der Waals surface area contributed by atoms with Crippen molar-refractivity contribution in [2.24, 2.45) is 0 Å². The molecule has 4 rings (SSSR count). The highest BCUT2D eigenvalue weighted by Gasteiger charge is 2.19. The number of nitrogens with two attached hydrogens (primary N) is 2. The SMILES string of the molecule is CCCCCCCCC(Cc1ccc(C(CCCCCCCC)c2ccc(N)cc2)cc1)c1ccc(C(CCCCCCCC)c2ccc(N)cc2)cc1. The third-order valence-corrected chi connectivity index (χ3v) is 12.0. The number of hydrogen-bond donors (Lipinski definition) is 2. The van der Waals surface area contributed by atoms with E-state index in [0.717, 1.165) is 17.8 Å². The molecule has 54 heavy (non-hydrogen) atoms. The van der Waals surface area contributed by atoms with Gasteiger partial charge in [-0.25, -0.2) is 0 Å². The van der Waals surface area contributed by atoms with E-state index in [1.807, 2.05) is 0 Å². The zero-order chi connectivity index (χ0) is 38.2. The molecular formula is C52H76N2. The molecule has 0 aliphatic heterocycles. The number of anilines is 2. The maximum absolute atomic E-state index is 6.11. The molecule has 0 fully saturated rings. The molecule has 4 N–H and O–H groups in total. The van der Waals surface area contributed by atoms with Gasteiger partial charge in [0.2, 0.25) is 0 Å². The Morgan fingerprint density at radius 1 is 0.333 bits per heavy atom. The van der Waals surface area contributed by atoms with E-state index in [9.17, 15) is 0 Å². The van der Waals surface area contributed by atoms with Crippen molar-refractivity contribution in [1.29, 1.82) is 0 Å². The molecule has 0 saturated carbocycles. The summed E-state index contributed by atoms with van der Waals surface area (Å²) in [5.74, 6) is 1.36. The average Bonchev–Trinajstić information content (AvgIpc) is 3.20. The second kappa shape index (κ2) is 25.5. The second-order valence-corrected chi connectivity index (χ2v) is 16.4. The minimum Gasteiger partial charge on any atom is -0.399 e. The van der Waals surface area contributed by atoms with Crippen LogP contribution < -0.4 is 11.5 Å². The number of nitrogen functional groups attached to an aromatic ring is 2. The topological polar surface area (TPSA) is 52.0 Å². The van der Waals surface area contributed by atoms with E-state index in [1.165, 1.54) is 168 Å². The lowest BCUT2D eigenvalue weighted by molar-refractivity contribution is 0.535. The smallest absolute Gasteiger partial charge is 0.0314 e. The molecule has 0 spiro atoms. The summed E-state index contributed by atoms with van der Waals surface area (Å²) in [6.45, 7) is 6.90. The van der Waals surface area contributed by atoms with E-state index in [4.69, 9.17) is 11.5 Å². The molecule has 2 nitrogen and oxygen atoms in total. The molecule has 0 bridgehead atoms. The van der Waals surface area contributed by atoms with Crippen LogP contribution in [0, 0.1) is 0 Å². The summed E-state index contributed by atoms with van der Waals surface area (Å²) in [5.41, 5.74) is 22.5. The highest BCUT2D eigenvalue weighted by atomic mass is 14.5. The molecule has 3 unspecified atom stereocenters. The van der Waals surface area contributed by atoms with Crippen LogP contribution in [0.15, 0.2) is 97.1 Å². The Balaban J connectivity index is 1.50. The van der Waals surface area contributed by atoms with Crippen LogP contribution in [0.2, 0.25) is 0 Å². The minimum absolute atomic E-state index is 0.417. The maximum Gasteiger partial charge on any atom is 0.0314 e. The molecule has 2 heteroatoms. The van der Waals surface area contributed by atoms with Gasteiger partial charge in [-0.2, -0.15) is 0 Å². The van der Waals surface area contributed by atoms with Gasteiger partial charge in [0.25, 0.3) is 0 Å². The predicted octanol–water partition coefficient (Wildman–Crippen LogP) is 15.7. The summed E-state index contributed by atoms with van der Waals surface area (Å²) in [6, 6.07) is 36.8. The predicted molar refractivity (Wildman–Crippen MR) is 239 cm³/mol. The Kier molecular flexibility index (Phi) is 20.4. The fourth-order valence-corrected chi connectivity index (χ4v) is 8.49. The number of hydrogen-bond acceptors (Lipinski definition) is 2. The van der Waals surface area contributed by atoms with Gasteiger partial charge in [-0.05, 0) is 89.2 Å². The summed E-state index contributed by atoms with van der Waals surface area (Å²) >= 11 is 0. The van der Waals surface area contributed by atoms with E-state index in [1.54, 1.807) is 0 Å².